The predicted molar refractivity (Wildman–Crippen MR) is 111 cm³/mol. The van der Waals surface area contributed by atoms with Gasteiger partial charge in [-0.3, -0.25) is 0 Å². The summed E-state index contributed by atoms with van der Waals surface area (Å²) in [5.41, 5.74) is 3.94. The highest BCUT2D eigenvalue weighted by Crippen LogP contribution is 2.47. The molecule has 4 aliphatic rings. The van der Waals surface area contributed by atoms with Crippen molar-refractivity contribution in [1.29, 1.82) is 0 Å². The molecule has 3 aliphatic carbocycles. The quantitative estimate of drug-likeness (QED) is 0.739. The van der Waals surface area contributed by atoms with Crippen LogP contribution >= 0.6 is 0 Å². The SMILES string of the molecule is O=C(NC1=C2CCCC2=CC2CCCC12)NS(=O)(=O)c1ccc2c(c1)S(=O)(=O)CC2. The molecule has 2 unspecified atom stereocenters. The second-order valence-corrected chi connectivity index (χ2v) is 12.3. The van der Waals surface area contributed by atoms with Gasteiger partial charge in [0.2, 0.25) is 0 Å². The van der Waals surface area contributed by atoms with Crippen LogP contribution in [0.2, 0.25) is 0 Å². The standard InChI is InChI=1S/C21H24N2O5S2/c24-21(22-20-17-5-1-3-14(17)11-15-4-2-6-18(15)20)23-30(27,28)16-8-7-13-9-10-29(25,26)19(13)12-16/h7-8,11-12,14,17H,1-6,9-10H2,(H2,22,23,24). The number of carbonyl (C=O) groups excluding carboxylic acids is 1. The third-order valence-electron chi connectivity index (χ3n) is 6.74. The van der Waals surface area contributed by atoms with Crippen LogP contribution in [0.4, 0.5) is 4.79 Å². The summed E-state index contributed by atoms with van der Waals surface area (Å²) in [5.74, 6) is 0.630. The molecule has 0 bridgehead atoms. The van der Waals surface area contributed by atoms with Gasteiger partial charge in [0.15, 0.2) is 9.84 Å². The maximum atomic E-state index is 12.8. The Balaban J connectivity index is 1.39. The van der Waals surface area contributed by atoms with Crippen LogP contribution in [0, 0.1) is 11.8 Å². The van der Waals surface area contributed by atoms with Gasteiger partial charge in [-0.2, -0.15) is 0 Å². The number of sulfone groups is 1. The van der Waals surface area contributed by atoms with Gasteiger partial charge in [-0.05, 0) is 73.3 Å². The molecule has 0 spiro atoms. The van der Waals surface area contributed by atoms with Gasteiger partial charge in [-0.25, -0.2) is 26.4 Å². The Bertz CT molecular complexity index is 1210. The minimum absolute atomic E-state index is 0.0188. The van der Waals surface area contributed by atoms with Crippen molar-refractivity contribution in [3.63, 3.8) is 0 Å². The molecule has 2 amide bonds. The van der Waals surface area contributed by atoms with Crippen molar-refractivity contribution in [3.8, 4) is 0 Å². The fourth-order valence-corrected chi connectivity index (χ4v) is 7.93. The lowest BCUT2D eigenvalue weighted by molar-refractivity contribution is 0.246. The average Bonchev–Trinajstić information content (AvgIpc) is 3.40. The molecule has 30 heavy (non-hydrogen) atoms. The van der Waals surface area contributed by atoms with Crippen LogP contribution in [0.5, 0.6) is 0 Å². The molecule has 1 heterocycles. The number of sulfonamides is 1. The number of fused-ring (bicyclic) bond motifs is 3. The lowest BCUT2D eigenvalue weighted by Crippen LogP contribution is -2.41. The normalized spacial score (nSPS) is 26.6. The fourth-order valence-electron chi connectivity index (χ4n) is 5.34. The summed E-state index contributed by atoms with van der Waals surface area (Å²) in [7, 11) is -7.66. The van der Waals surface area contributed by atoms with E-state index in [0.717, 1.165) is 55.9 Å². The molecular weight excluding hydrogens is 424 g/mol. The molecule has 160 valence electrons. The number of allylic oxidation sites excluding steroid dienone is 4. The van der Waals surface area contributed by atoms with Crippen molar-refractivity contribution in [2.75, 3.05) is 5.75 Å². The Morgan fingerprint density at radius 1 is 1.07 bits per heavy atom. The zero-order valence-corrected chi connectivity index (χ0v) is 18.1. The lowest BCUT2D eigenvalue weighted by atomic mass is 9.82. The van der Waals surface area contributed by atoms with E-state index >= 15 is 0 Å². The molecule has 0 saturated heterocycles. The first-order valence-corrected chi connectivity index (χ1v) is 13.5. The molecule has 0 radical (unpaired) electrons. The molecule has 2 fully saturated rings. The van der Waals surface area contributed by atoms with Gasteiger partial charge in [-0.1, -0.05) is 18.6 Å². The second kappa shape index (κ2) is 6.95. The average molecular weight is 449 g/mol. The second-order valence-electron chi connectivity index (χ2n) is 8.54. The minimum Gasteiger partial charge on any atom is -0.310 e. The number of urea groups is 1. The number of benzene rings is 1. The highest BCUT2D eigenvalue weighted by Gasteiger charge is 2.37. The lowest BCUT2D eigenvalue weighted by Gasteiger charge is -2.28. The largest absolute Gasteiger partial charge is 0.332 e. The first kappa shape index (κ1) is 19.8. The molecule has 2 saturated carbocycles. The summed E-state index contributed by atoms with van der Waals surface area (Å²) in [6.45, 7) is 0. The summed E-state index contributed by atoms with van der Waals surface area (Å²) in [6.07, 6.45) is 8.87. The van der Waals surface area contributed by atoms with Crippen LogP contribution in [0.1, 0.15) is 44.1 Å². The third kappa shape index (κ3) is 3.28. The van der Waals surface area contributed by atoms with Gasteiger partial charge in [-0.15, -0.1) is 0 Å². The Hall–Kier alpha value is -2.13. The molecule has 0 aromatic heterocycles. The zero-order valence-electron chi connectivity index (χ0n) is 16.5. The third-order valence-corrected chi connectivity index (χ3v) is 9.86. The molecule has 1 aliphatic heterocycles. The van der Waals surface area contributed by atoms with Crippen molar-refractivity contribution in [2.24, 2.45) is 11.8 Å². The Morgan fingerprint density at radius 3 is 2.73 bits per heavy atom. The number of rotatable bonds is 3. The van der Waals surface area contributed by atoms with Crippen LogP contribution in [0.25, 0.3) is 0 Å². The van der Waals surface area contributed by atoms with Gasteiger partial charge in [0.05, 0.1) is 15.5 Å². The Kier molecular flexibility index (Phi) is 4.59. The minimum atomic E-state index is -4.19. The predicted octanol–water partition coefficient (Wildman–Crippen LogP) is 2.80. The van der Waals surface area contributed by atoms with Crippen LogP contribution < -0.4 is 10.0 Å². The van der Waals surface area contributed by atoms with Crippen molar-refractivity contribution >= 4 is 25.9 Å². The molecule has 9 heteroatoms. The van der Waals surface area contributed by atoms with E-state index in [1.807, 2.05) is 0 Å². The van der Waals surface area contributed by atoms with Crippen LogP contribution in [-0.2, 0) is 26.3 Å². The number of hydrogen-bond acceptors (Lipinski definition) is 5. The van der Waals surface area contributed by atoms with E-state index in [2.05, 4.69) is 16.1 Å². The summed E-state index contributed by atoms with van der Waals surface area (Å²) in [4.78, 5) is 12.5. The molecule has 1 aromatic carbocycles. The first-order chi connectivity index (χ1) is 14.2. The van der Waals surface area contributed by atoms with E-state index < -0.39 is 25.9 Å². The van der Waals surface area contributed by atoms with E-state index in [1.54, 1.807) is 0 Å². The first-order valence-electron chi connectivity index (χ1n) is 10.4. The van der Waals surface area contributed by atoms with Gasteiger partial charge in [0.25, 0.3) is 10.0 Å². The van der Waals surface area contributed by atoms with Crippen molar-refractivity contribution in [2.45, 2.75) is 54.7 Å². The molecule has 5 rings (SSSR count). The Morgan fingerprint density at radius 2 is 1.90 bits per heavy atom. The summed E-state index contributed by atoms with van der Waals surface area (Å²) in [6, 6.07) is 3.22. The topological polar surface area (TPSA) is 109 Å². The molecule has 2 N–H and O–H groups in total. The van der Waals surface area contributed by atoms with Gasteiger partial charge in [0.1, 0.15) is 0 Å². The van der Waals surface area contributed by atoms with E-state index in [-0.39, 0.29) is 21.5 Å². The van der Waals surface area contributed by atoms with Crippen LogP contribution in [-0.4, -0.2) is 28.6 Å². The monoisotopic (exact) mass is 448 g/mol. The highest BCUT2D eigenvalue weighted by atomic mass is 32.2. The van der Waals surface area contributed by atoms with Crippen LogP contribution in [0.15, 0.2) is 50.9 Å². The molecule has 7 nitrogen and oxygen atoms in total. The highest BCUT2D eigenvalue weighted by molar-refractivity contribution is 7.92. The maximum Gasteiger partial charge on any atom is 0.332 e. The Labute approximate surface area is 176 Å². The van der Waals surface area contributed by atoms with Gasteiger partial charge in [0, 0.05) is 11.6 Å². The number of carbonyl (C=O) groups is 1. The fraction of sp³-hybridized carbons (Fsp3) is 0.476. The number of nitrogens with one attached hydrogen (secondary N) is 2. The number of aryl methyl sites for hydroxylation is 1. The smallest absolute Gasteiger partial charge is 0.310 e. The van der Waals surface area contributed by atoms with E-state index in [9.17, 15) is 21.6 Å². The maximum absolute atomic E-state index is 12.8. The van der Waals surface area contributed by atoms with Crippen LogP contribution in [0.3, 0.4) is 0 Å². The zero-order chi connectivity index (χ0) is 21.1. The van der Waals surface area contributed by atoms with Crippen molar-refractivity contribution in [1.82, 2.24) is 10.0 Å². The van der Waals surface area contributed by atoms with Gasteiger partial charge < -0.3 is 5.32 Å². The molecular formula is C21H24N2O5S2. The van der Waals surface area contributed by atoms with Crippen molar-refractivity contribution in [3.05, 3.63) is 46.7 Å². The summed E-state index contributed by atoms with van der Waals surface area (Å²) >= 11 is 0. The molecule has 2 atom stereocenters. The number of hydrogen-bond donors (Lipinski definition) is 2. The van der Waals surface area contributed by atoms with E-state index in [0.29, 0.717) is 17.9 Å². The number of amides is 2. The van der Waals surface area contributed by atoms with Gasteiger partial charge >= 0.3 is 6.03 Å². The van der Waals surface area contributed by atoms with Crippen molar-refractivity contribution < 1.29 is 21.6 Å². The molecule has 1 aromatic rings. The van der Waals surface area contributed by atoms with E-state index in [1.165, 1.54) is 17.7 Å². The van der Waals surface area contributed by atoms with E-state index in [4.69, 9.17) is 0 Å². The summed E-state index contributed by atoms with van der Waals surface area (Å²) in [5, 5.41) is 2.85. The summed E-state index contributed by atoms with van der Waals surface area (Å²) < 4.78 is 51.8.